The Kier molecular flexibility index (Phi) is 3.46. The molecule has 1 aliphatic rings. The largest absolute Gasteiger partial charge is 0.514 e. The van der Waals surface area contributed by atoms with E-state index in [9.17, 15) is 4.79 Å². The summed E-state index contributed by atoms with van der Waals surface area (Å²) in [7, 11) is 3.44. The molecule has 0 bridgehead atoms. The topological polar surface area (TPSA) is 38.8 Å². The summed E-state index contributed by atoms with van der Waals surface area (Å²) < 4.78 is 9.49. The van der Waals surface area contributed by atoms with Gasteiger partial charge in [0.15, 0.2) is 5.06 Å². The number of nitrogens with zero attached hydrogens (tertiary/aromatic N) is 1. The van der Waals surface area contributed by atoms with Crippen LogP contribution in [0.3, 0.4) is 0 Å². The number of hydrogen-bond donors (Lipinski definition) is 0. The summed E-state index contributed by atoms with van der Waals surface area (Å²) in [5, 5.41) is 0.640. The Morgan fingerprint density at radius 1 is 1.44 bits per heavy atom. The molecule has 4 nitrogen and oxygen atoms in total. The molecule has 5 heteroatoms. The first kappa shape index (κ1) is 11.4. The summed E-state index contributed by atoms with van der Waals surface area (Å²) >= 11 is 1.54. The van der Waals surface area contributed by atoms with Gasteiger partial charge in [-0.2, -0.15) is 0 Å². The van der Waals surface area contributed by atoms with Gasteiger partial charge in [0, 0.05) is 18.0 Å². The Bertz CT molecular complexity index is 363. The minimum atomic E-state index is -0.645. The molecule has 2 heterocycles. The average Bonchev–Trinajstić information content (AvgIpc) is 2.57. The fourth-order valence-corrected chi connectivity index (χ4v) is 2.79. The minimum Gasteiger partial charge on any atom is -0.437 e. The zero-order valence-corrected chi connectivity index (χ0v) is 10.3. The van der Waals surface area contributed by atoms with E-state index in [2.05, 4.69) is 16.7 Å². The molecule has 0 aliphatic carbocycles. The van der Waals surface area contributed by atoms with E-state index in [1.807, 2.05) is 6.07 Å². The second-order valence-electron chi connectivity index (χ2n) is 3.87. The predicted octanol–water partition coefficient (Wildman–Crippen LogP) is 1.92. The highest BCUT2D eigenvalue weighted by molar-refractivity contribution is 7.14. The van der Waals surface area contributed by atoms with Crippen molar-refractivity contribution in [1.29, 1.82) is 0 Å². The van der Waals surface area contributed by atoms with Gasteiger partial charge in [0.25, 0.3) is 0 Å². The molecule has 0 saturated heterocycles. The van der Waals surface area contributed by atoms with Crippen molar-refractivity contribution in [2.75, 3.05) is 27.2 Å². The van der Waals surface area contributed by atoms with Crippen LogP contribution in [0.25, 0.3) is 0 Å². The Hall–Kier alpha value is -1.07. The number of hydrogen-bond acceptors (Lipinski definition) is 5. The SMILES string of the molecule is COC(=O)Oc1cc2c(s1)CCN(C)CC2. The molecule has 0 N–H and O–H groups in total. The number of likely N-dealkylation sites (N-methyl/N-ethyl adjacent to an activating group) is 1. The third kappa shape index (κ3) is 2.54. The van der Waals surface area contributed by atoms with Crippen LogP contribution in [0.4, 0.5) is 4.79 Å². The average molecular weight is 241 g/mol. The van der Waals surface area contributed by atoms with Crippen LogP contribution in [0, 0.1) is 0 Å². The van der Waals surface area contributed by atoms with Crippen molar-refractivity contribution in [2.24, 2.45) is 0 Å². The van der Waals surface area contributed by atoms with E-state index in [1.54, 1.807) is 11.3 Å². The molecule has 0 unspecified atom stereocenters. The molecule has 0 saturated carbocycles. The number of thiophene rings is 1. The highest BCUT2D eigenvalue weighted by Crippen LogP contribution is 2.31. The first-order chi connectivity index (χ1) is 7.69. The van der Waals surface area contributed by atoms with Gasteiger partial charge < -0.3 is 14.4 Å². The van der Waals surface area contributed by atoms with Gasteiger partial charge in [-0.15, -0.1) is 11.3 Å². The summed E-state index contributed by atoms with van der Waals surface area (Å²) in [6, 6.07) is 1.95. The van der Waals surface area contributed by atoms with Crippen LogP contribution in [-0.4, -0.2) is 38.3 Å². The van der Waals surface area contributed by atoms with Crippen LogP contribution in [0.1, 0.15) is 10.4 Å². The molecule has 1 aromatic rings. The van der Waals surface area contributed by atoms with Gasteiger partial charge in [0.05, 0.1) is 7.11 Å². The molecule has 0 amide bonds. The lowest BCUT2D eigenvalue weighted by Crippen LogP contribution is -2.20. The number of rotatable bonds is 1. The lowest BCUT2D eigenvalue weighted by molar-refractivity contribution is 0.123. The summed E-state index contributed by atoms with van der Waals surface area (Å²) in [5.74, 6) is 0. The second kappa shape index (κ2) is 4.84. The maximum Gasteiger partial charge on any atom is 0.514 e. The number of fused-ring (bicyclic) bond motifs is 1. The molecule has 0 atom stereocenters. The van der Waals surface area contributed by atoms with Crippen LogP contribution in [0.15, 0.2) is 6.07 Å². The highest BCUT2D eigenvalue weighted by atomic mass is 32.1. The Morgan fingerprint density at radius 2 is 2.19 bits per heavy atom. The Balaban J connectivity index is 2.10. The molecule has 0 radical (unpaired) electrons. The molecule has 2 rings (SSSR count). The summed E-state index contributed by atoms with van der Waals surface area (Å²) in [6.45, 7) is 2.12. The van der Waals surface area contributed by atoms with E-state index in [4.69, 9.17) is 4.74 Å². The van der Waals surface area contributed by atoms with Gasteiger partial charge in [-0.25, -0.2) is 4.79 Å². The number of carbonyl (C=O) groups excluding carboxylic acids is 1. The van der Waals surface area contributed by atoms with Crippen molar-refractivity contribution in [2.45, 2.75) is 12.8 Å². The van der Waals surface area contributed by atoms with Gasteiger partial charge >= 0.3 is 6.16 Å². The summed E-state index contributed by atoms with van der Waals surface area (Å²) in [4.78, 5) is 14.6. The standard InChI is InChI=1S/C11H15NO3S/c1-12-5-3-8-7-10(15-11(13)14-2)16-9(8)4-6-12/h7H,3-6H2,1-2H3. The van der Waals surface area contributed by atoms with Crippen LogP contribution in [-0.2, 0) is 17.6 Å². The van der Waals surface area contributed by atoms with E-state index in [1.165, 1.54) is 17.6 Å². The third-order valence-electron chi connectivity index (χ3n) is 2.71. The van der Waals surface area contributed by atoms with E-state index in [0.29, 0.717) is 5.06 Å². The molecule has 16 heavy (non-hydrogen) atoms. The molecule has 0 aromatic carbocycles. The van der Waals surface area contributed by atoms with Crippen molar-refractivity contribution in [1.82, 2.24) is 4.90 Å². The zero-order valence-electron chi connectivity index (χ0n) is 9.49. The second-order valence-corrected chi connectivity index (χ2v) is 4.97. The minimum absolute atomic E-state index is 0.640. The normalized spacial score (nSPS) is 16.4. The van der Waals surface area contributed by atoms with Crippen LogP contribution >= 0.6 is 11.3 Å². The monoisotopic (exact) mass is 241 g/mol. The van der Waals surface area contributed by atoms with Gasteiger partial charge in [0.2, 0.25) is 0 Å². The van der Waals surface area contributed by atoms with Gasteiger partial charge in [-0.05, 0) is 31.5 Å². The molecular formula is C11H15NO3S. The van der Waals surface area contributed by atoms with E-state index in [-0.39, 0.29) is 0 Å². The first-order valence-electron chi connectivity index (χ1n) is 5.25. The van der Waals surface area contributed by atoms with Crippen molar-refractivity contribution in [3.8, 4) is 5.06 Å². The molecule has 0 fully saturated rings. The summed E-state index contributed by atoms with van der Waals surface area (Å²) in [6.07, 6.45) is 1.40. The highest BCUT2D eigenvalue weighted by Gasteiger charge is 2.16. The van der Waals surface area contributed by atoms with Gasteiger partial charge in [-0.1, -0.05) is 0 Å². The lowest BCUT2D eigenvalue weighted by atomic mass is 10.2. The molecular weight excluding hydrogens is 226 g/mol. The van der Waals surface area contributed by atoms with E-state index >= 15 is 0 Å². The molecule has 0 spiro atoms. The molecule has 1 aromatic heterocycles. The van der Waals surface area contributed by atoms with Crippen LogP contribution in [0.2, 0.25) is 0 Å². The lowest BCUT2D eigenvalue weighted by Gasteiger charge is -2.11. The Labute approximate surface area is 98.8 Å². The van der Waals surface area contributed by atoms with Crippen LogP contribution in [0.5, 0.6) is 5.06 Å². The van der Waals surface area contributed by atoms with Crippen molar-refractivity contribution >= 4 is 17.5 Å². The predicted molar refractivity (Wildman–Crippen MR) is 62.3 cm³/mol. The van der Waals surface area contributed by atoms with Gasteiger partial charge in [0.1, 0.15) is 0 Å². The number of methoxy groups -OCH3 is 1. The van der Waals surface area contributed by atoms with Gasteiger partial charge in [-0.3, -0.25) is 0 Å². The van der Waals surface area contributed by atoms with Crippen molar-refractivity contribution in [3.63, 3.8) is 0 Å². The first-order valence-corrected chi connectivity index (χ1v) is 6.06. The van der Waals surface area contributed by atoms with E-state index in [0.717, 1.165) is 25.9 Å². The zero-order chi connectivity index (χ0) is 11.5. The summed E-state index contributed by atoms with van der Waals surface area (Å²) in [5.41, 5.74) is 1.30. The fraction of sp³-hybridized carbons (Fsp3) is 0.545. The quantitative estimate of drug-likeness (QED) is 0.704. The third-order valence-corrected chi connectivity index (χ3v) is 3.82. The van der Waals surface area contributed by atoms with Crippen molar-refractivity contribution in [3.05, 3.63) is 16.5 Å². The Morgan fingerprint density at radius 3 is 2.94 bits per heavy atom. The van der Waals surface area contributed by atoms with Crippen LogP contribution < -0.4 is 4.74 Å². The van der Waals surface area contributed by atoms with E-state index < -0.39 is 6.16 Å². The smallest absolute Gasteiger partial charge is 0.437 e. The number of ether oxygens (including phenoxy) is 2. The molecule has 88 valence electrons. The molecule has 1 aliphatic heterocycles. The number of carbonyl (C=O) groups is 1. The maximum absolute atomic E-state index is 11.0. The maximum atomic E-state index is 11.0. The fourth-order valence-electron chi connectivity index (χ4n) is 1.75. The van der Waals surface area contributed by atoms with Crippen molar-refractivity contribution < 1.29 is 14.3 Å².